The highest BCUT2D eigenvalue weighted by Crippen LogP contribution is 2.31. The minimum atomic E-state index is -0.558. The van der Waals surface area contributed by atoms with E-state index in [9.17, 15) is 20.2 Å². The number of nitriles is 1. The highest BCUT2D eigenvalue weighted by molar-refractivity contribution is 6.30. The number of hydrogen-bond acceptors (Lipinski definition) is 5. The molecule has 0 aromatic heterocycles. The Morgan fingerprint density at radius 3 is 2.56 bits per heavy atom. The van der Waals surface area contributed by atoms with Gasteiger partial charge >= 0.3 is 0 Å². The molecule has 178 valence electrons. The van der Waals surface area contributed by atoms with Gasteiger partial charge in [-0.25, -0.2) is 0 Å². The van der Waals surface area contributed by atoms with Crippen molar-refractivity contribution in [2.45, 2.75) is 13.5 Å². The van der Waals surface area contributed by atoms with E-state index in [0.29, 0.717) is 22.0 Å². The Labute approximate surface area is 212 Å². The van der Waals surface area contributed by atoms with E-state index < -0.39 is 10.8 Å². The van der Waals surface area contributed by atoms with E-state index in [0.717, 1.165) is 21.9 Å². The normalized spacial score (nSPS) is 11.1. The highest BCUT2D eigenvalue weighted by Gasteiger charge is 2.15. The lowest BCUT2D eigenvalue weighted by molar-refractivity contribution is -0.384. The van der Waals surface area contributed by atoms with Crippen molar-refractivity contribution in [1.82, 2.24) is 0 Å². The molecular weight excluding hydrogens is 478 g/mol. The smallest absolute Gasteiger partial charge is 0.269 e. The van der Waals surface area contributed by atoms with Crippen molar-refractivity contribution in [2.75, 3.05) is 5.32 Å². The van der Waals surface area contributed by atoms with Gasteiger partial charge in [0, 0.05) is 28.4 Å². The van der Waals surface area contributed by atoms with E-state index >= 15 is 0 Å². The number of non-ortho nitro benzene ring substituents is 1. The van der Waals surface area contributed by atoms with Crippen LogP contribution in [0.2, 0.25) is 5.02 Å². The van der Waals surface area contributed by atoms with Crippen LogP contribution in [0.5, 0.6) is 5.75 Å². The second kappa shape index (κ2) is 10.7. The Balaban J connectivity index is 1.67. The van der Waals surface area contributed by atoms with Crippen molar-refractivity contribution in [3.63, 3.8) is 0 Å². The Kier molecular flexibility index (Phi) is 7.28. The lowest BCUT2D eigenvalue weighted by atomic mass is 10.0. The Hall–Kier alpha value is -4.67. The number of halogens is 1. The van der Waals surface area contributed by atoms with Gasteiger partial charge in [-0.2, -0.15) is 5.26 Å². The van der Waals surface area contributed by atoms with Crippen molar-refractivity contribution in [1.29, 1.82) is 5.26 Å². The molecule has 0 saturated heterocycles. The monoisotopic (exact) mass is 497 g/mol. The van der Waals surface area contributed by atoms with Crippen LogP contribution in [0.4, 0.5) is 11.4 Å². The van der Waals surface area contributed by atoms with Crippen LogP contribution in [0.15, 0.2) is 84.4 Å². The average Bonchev–Trinajstić information content (AvgIpc) is 2.88. The highest BCUT2D eigenvalue weighted by atomic mass is 35.5. The third-order valence-electron chi connectivity index (χ3n) is 5.56. The lowest BCUT2D eigenvalue weighted by Crippen LogP contribution is -2.14. The lowest BCUT2D eigenvalue weighted by Gasteiger charge is -2.13. The first-order chi connectivity index (χ1) is 17.4. The van der Waals surface area contributed by atoms with E-state index in [1.807, 2.05) is 43.3 Å². The zero-order valence-electron chi connectivity index (χ0n) is 19.2. The van der Waals surface area contributed by atoms with Crippen molar-refractivity contribution in [2.24, 2.45) is 0 Å². The van der Waals surface area contributed by atoms with Crippen LogP contribution in [-0.4, -0.2) is 10.8 Å². The molecule has 0 aliphatic carbocycles. The van der Waals surface area contributed by atoms with Crippen LogP contribution in [-0.2, 0) is 11.4 Å². The maximum absolute atomic E-state index is 13.0. The summed E-state index contributed by atoms with van der Waals surface area (Å²) in [5, 5.41) is 25.7. The molecule has 8 heteroatoms. The first kappa shape index (κ1) is 24.5. The van der Waals surface area contributed by atoms with Crippen LogP contribution in [0.1, 0.15) is 16.7 Å². The number of benzene rings is 4. The molecule has 0 aliphatic rings. The molecule has 0 radical (unpaired) electrons. The molecule has 0 bridgehead atoms. The van der Waals surface area contributed by atoms with E-state index in [1.54, 1.807) is 36.4 Å². The van der Waals surface area contributed by atoms with E-state index in [1.165, 1.54) is 18.2 Å². The van der Waals surface area contributed by atoms with Gasteiger partial charge in [-0.3, -0.25) is 14.9 Å². The number of fused-ring (bicyclic) bond motifs is 1. The van der Waals surface area contributed by atoms with E-state index in [2.05, 4.69) is 5.32 Å². The molecule has 0 unspecified atom stereocenters. The number of ether oxygens (including phenoxy) is 1. The summed E-state index contributed by atoms with van der Waals surface area (Å²) in [5.74, 6) is -0.0903. The summed E-state index contributed by atoms with van der Waals surface area (Å²) >= 11 is 6.00. The zero-order chi connectivity index (χ0) is 25.7. The number of amides is 1. The van der Waals surface area contributed by atoms with Crippen LogP contribution in [0, 0.1) is 28.4 Å². The summed E-state index contributed by atoms with van der Waals surface area (Å²) in [6, 6.07) is 24.4. The average molecular weight is 498 g/mol. The van der Waals surface area contributed by atoms with Gasteiger partial charge in [-0.05, 0) is 71.3 Å². The number of anilines is 1. The van der Waals surface area contributed by atoms with E-state index in [4.69, 9.17) is 16.3 Å². The van der Waals surface area contributed by atoms with E-state index in [-0.39, 0.29) is 17.9 Å². The number of carbonyl (C=O) groups is 1. The summed E-state index contributed by atoms with van der Waals surface area (Å²) in [6.45, 7) is 1.96. The van der Waals surface area contributed by atoms with Crippen LogP contribution < -0.4 is 10.1 Å². The first-order valence-electron chi connectivity index (χ1n) is 10.9. The predicted molar refractivity (Wildman–Crippen MR) is 140 cm³/mol. The Bertz CT molecular complexity index is 1540. The van der Waals surface area contributed by atoms with Gasteiger partial charge in [-0.15, -0.1) is 0 Å². The number of nitrogens with zero attached hydrogens (tertiary/aromatic N) is 2. The molecule has 4 aromatic carbocycles. The number of rotatable bonds is 7. The van der Waals surface area contributed by atoms with Gasteiger partial charge in [0.05, 0.1) is 4.92 Å². The molecule has 1 amide bonds. The first-order valence-corrected chi connectivity index (χ1v) is 11.3. The van der Waals surface area contributed by atoms with Gasteiger partial charge in [0.15, 0.2) is 0 Å². The molecule has 4 aromatic rings. The number of aryl methyl sites for hydroxylation is 1. The number of hydrogen-bond donors (Lipinski definition) is 1. The fourth-order valence-electron chi connectivity index (χ4n) is 3.68. The Morgan fingerprint density at radius 2 is 1.86 bits per heavy atom. The SMILES string of the molecule is Cc1cc(Cl)ccc1NC(=O)/C(C#N)=C/c1c(OCc2ccc([N+](=O)[O-])cc2)ccc2ccccc12. The zero-order valence-corrected chi connectivity index (χ0v) is 20.0. The molecular formula is C28H20ClN3O4. The van der Waals surface area contributed by atoms with Crippen molar-refractivity contribution < 1.29 is 14.5 Å². The summed E-state index contributed by atoms with van der Waals surface area (Å²) < 4.78 is 6.04. The van der Waals surface area contributed by atoms with Crippen LogP contribution >= 0.6 is 11.6 Å². The second-order valence-corrected chi connectivity index (χ2v) is 8.43. The summed E-state index contributed by atoms with van der Waals surface area (Å²) in [6.07, 6.45) is 1.51. The molecule has 0 spiro atoms. The van der Waals surface area contributed by atoms with Gasteiger partial charge in [0.25, 0.3) is 11.6 Å². The minimum absolute atomic E-state index is 0.00586. The summed E-state index contributed by atoms with van der Waals surface area (Å²) in [7, 11) is 0. The topological polar surface area (TPSA) is 105 Å². The molecule has 0 fully saturated rings. The fourth-order valence-corrected chi connectivity index (χ4v) is 3.90. The third-order valence-corrected chi connectivity index (χ3v) is 5.80. The van der Waals surface area contributed by atoms with Gasteiger partial charge in [-0.1, -0.05) is 41.9 Å². The second-order valence-electron chi connectivity index (χ2n) is 7.99. The standard InChI is InChI=1S/C28H20ClN3O4/c1-18-14-22(29)9-12-26(18)31-28(33)21(16-30)15-25-24-5-3-2-4-20(24)8-13-27(25)36-17-19-6-10-23(11-7-19)32(34)35/h2-15H,17H2,1H3,(H,31,33)/b21-15+. The molecule has 1 N–H and O–H groups in total. The molecule has 36 heavy (non-hydrogen) atoms. The maximum atomic E-state index is 13.0. The van der Waals surface area contributed by atoms with Crippen molar-refractivity contribution >= 4 is 45.7 Å². The third kappa shape index (κ3) is 5.52. The quantitative estimate of drug-likeness (QED) is 0.130. The van der Waals surface area contributed by atoms with Crippen LogP contribution in [0.3, 0.4) is 0 Å². The minimum Gasteiger partial charge on any atom is -0.488 e. The molecule has 7 nitrogen and oxygen atoms in total. The molecule has 0 saturated carbocycles. The number of nitro benzene ring substituents is 1. The maximum Gasteiger partial charge on any atom is 0.269 e. The van der Waals surface area contributed by atoms with Crippen LogP contribution in [0.25, 0.3) is 16.8 Å². The van der Waals surface area contributed by atoms with Crippen molar-refractivity contribution in [3.8, 4) is 11.8 Å². The van der Waals surface area contributed by atoms with Gasteiger partial charge in [0.2, 0.25) is 0 Å². The Morgan fingerprint density at radius 1 is 1.11 bits per heavy atom. The fraction of sp³-hybridized carbons (Fsp3) is 0.0714. The number of nitro groups is 1. The number of nitrogens with one attached hydrogen (secondary N) is 1. The predicted octanol–water partition coefficient (Wildman–Crippen LogP) is 6.83. The van der Waals surface area contributed by atoms with Gasteiger partial charge in [0.1, 0.15) is 24.0 Å². The molecule has 0 heterocycles. The molecule has 0 atom stereocenters. The number of carbonyl (C=O) groups excluding carboxylic acids is 1. The van der Waals surface area contributed by atoms with Crippen molar-refractivity contribution in [3.05, 3.63) is 116 Å². The molecule has 0 aliphatic heterocycles. The summed E-state index contributed by atoms with van der Waals surface area (Å²) in [4.78, 5) is 23.4. The molecule has 4 rings (SSSR count). The summed E-state index contributed by atoms with van der Waals surface area (Å²) in [5.41, 5.74) is 2.53. The van der Waals surface area contributed by atoms with Gasteiger partial charge < -0.3 is 10.1 Å². The largest absolute Gasteiger partial charge is 0.488 e.